The minimum Gasteiger partial charge on any atom is -0.380 e. The van der Waals surface area contributed by atoms with Crippen molar-refractivity contribution in [3.63, 3.8) is 0 Å². The Hall–Kier alpha value is -1.83. The second kappa shape index (κ2) is 8.46. The first-order chi connectivity index (χ1) is 13.0. The summed E-state index contributed by atoms with van der Waals surface area (Å²) in [6.07, 6.45) is 4.40. The van der Waals surface area contributed by atoms with Crippen LogP contribution in [-0.2, 0) is 27.8 Å². The van der Waals surface area contributed by atoms with Crippen LogP contribution in [0.2, 0.25) is 0 Å². The SMILES string of the molecule is CCc1ccc(S(=O)(=O)N2CCCC(c3nc(C)ncc3COC)C2)cc1. The van der Waals surface area contributed by atoms with Crippen LogP contribution in [0.1, 0.15) is 48.3 Å². The summed E-state index contributed by atoms with van der Waals surface area (Å²) in [5, 5.41) is 0. The third kappa shape index (κ3) is 4.36. The van der Waals surface area contributed by atoms with Crippen LogP contribution >= 0.6 is 0 Å². The minimum atomic E-state index is -3.50. The summed E-state index contributed by atoms with van der Waals surface area (Å²) in [4.78, 5) is 9.23. The topological polar surface area (TPSA) is 72.4 Å². The lowest BCUT2D eigenvalue weighted by atomic mass is 9.93. The van der Waals surface area contributed by atoms with Gasteiger partial charge in [-0.15, -0.1) is 0 Å². The van der Waals surface area contributed by atoms with Crippen LogP contribution in [0.3, 0.4) is 0 Å². The van der Waals surface area contributed by atoms with Crippen molar-refractivity contribution in [2.75, 3.05) is 20.2 Å². The lowest BCUT2D eigenvalue weighted by molar-refractivity contribution is 0.182. The largest absolute Gasteiger partial charge is 0.380 e. The monoisotopic (exact) mass is 389 g/mol. The van der Waals surface area contributed by atoms with E-state index in [2.05, 4.69) is 16.9 Å². The number of ether oxygens (including phenoxy) is 1. The van der Waals surface area contributed by atoms with Crippen molar-refractivity contribution < 1.29 is 13.2 Å². The number of methoxy groups -OCH3 is 1. The van der Waals surface area contributed by atoms with Crippen molar-refractivity contribution in [2.24, 2.45) is 0 Å². The minimum absolute atomic E-state index is 0.0512. The highest BCUT2D eigenvalue weighted by Gasteiger charge is 2.32. The first-order valence-electron chi connectivity index (χ1n) is 9.36. The maximum Gasteiger partial charge on any atom is 0.243 e. The number of hydrogen-bond acceptors (Lipinski definition) is 5. The molecule has 1 unspecified atom stereocenters. The normalized spacial score (nSPS) is 18.6. The van der Waals surface area contributed by atoms with E-state index in [1.807, 2.05) is 19.1 Å². The predicted molar refractivity (Wildman–Crippen MR) is 104 cm³/mol. The van der Waals surface area contributed by atoms with Crippen LogP contribution in [0.25, 0.3) is 0 Å². The fraction of sp³-hybridized carbons (Fsp3) is 0.500. The van der Waals surface area contributed by atoms with Gasteiger partial charge < -0.3 is 4.74 Å². The number of sulfonamides is 1. The Morgan fingerprint density at radius 1 is 1.26 bits per heavy atom. The van der Waals surface area contributed by atoms with Gasteiger partial charge >= 0.3 is 0 Å². The number of aryl methyl sites for hydroxylation is 2. The Morgan fingerprint density at radius 2 is 2.00 bits per heavy atom. The smallest absolute Gasteiger partial charge is 0.243 e. The summed E-state index contributed by atoms with van der Waals surface area (Å²) in [7, 11) is -1.86. The number of piperidine rings is 1. The molecule has 0 radical (unpaired) electrons. The molecule has 6 nitrogen and oxygen atoms in total. The second-order valence-corrected chi connectivity index (χ2v) is 8.90. The standard InChI is InChI=1S/C20H27N3O3S/c1-4-16-7-9-19(10-8-16)27(24,25)23-11-5-6-17(13-23)20-18(14-26-3)12-21-15(2)22-20/h7-10,12,17H,4-6,11,13-14H2,1-3H3. The summed E-state index contributed by atoms with van der Waals surface area (Å²) < 4.78 is 33.1. The van der Waals surface area contributed by atoms with Crippen LogP contribution in [0.4, 0.5) is 0 Å². The molecule has 1 aromatic heterocycles. The molecule has 1 atom stereocenters. The average molecular weight is 390 g/mol. The summed E-state index contributed by atoms with van der Waals surface area (Å²) in [6, 6.07) is 7.20. The third-order valence-electron chi connectivity index (χ3n) is 5.06. The zero-order chi connectivity index (χ0) is 19.4. The highest BCUT2D eigenvalue weighted by Crippen LogP contribution is 2.31. The van der Waals surface area contributed by atoms with E-state index in [-0.39, 0.29) is 5.92 Å². The zero-order valence-electron chi connectivity index (χ0n) is 16.2. The molecule has 7 heteroatoms. The molecule has 0 spiro atoms. The molecule has 1 saturated heterocycles. The van der Waals surface area contributed by atoms with E-state index in [4.69, 9.17) is 4.74 Å². The van der Waals surface area contributed by atoms with Crippen molar-refractivity contribution in [1.82, 2.24) is 14.3 Å². The molecule has 2 heterocycles. The van der Waals surface area contributed by atoms with Crippen molar-refractivity contribution in [3.8, 4) is 0 Å². The predicted octanol–water partition coefficient (Wildman–Crippen LogP) is 3.06. The molecule has 1 fully saturated rings. The molecule has 0 bridgehead atoms. The number of nitrogens with zero attached hydrogens (tertiary/aromatic N) is 3. The van der Waals surface area contributed by atoms with Gasteiger partial charge in [-0.2, -0.15) is 4.31 Å². The first-order valence-corrected chi connectivity index (χ1v) is 10.8. The van der Waals surface area contributed by atoms with Crippen molar-refractivity contribution in [2.45, 2.75) is 50.5 Å². The Kier molecular flexibility index (Phi) is 6.24. The van der Waals surface area contributed by atoms with Crippen LogP contribution in [0, 0.1) is 6.92 Å². The van der Waals surface area contributed by atoms with Gasteiger partial charge in [0.15, 0.2) is 0 Å². The quantitative estimate of drug-likeness (QED) is 0.759. The molecule has 1 aromatic carbocycles. The maximum atomic E-state index is 13.1. The Bertz CT molecular complexity index is 882. The Morgan fingerprint density at radius 3 is 2.67 bits per heavy atom. The highest BCUT2D eigenvalue weighted by molar-refractivity contribution is 7.89. The van der Waals surface area contributed by atoms with E-state index in [9.17, 15) is 8.42 Å². The molecule has 0 saturated carbocycles. The molecule has 2 aromatic rings. The van der Waals surface area contributed by atoms with E-state index in [0.29, 0.717) is 30.4 Å². The Balaban J connectivity index is 1.86. The second-order valence-electron chi connectivity index (χ2n) is 6.96. The average Bonchev–Trinajstić information content (AvgIpc) is 2.69. The van der Waals surface area contributed by atoms with Gasteiger partial charge in [0.05, 0.1) is 17.2 Å². The van der Waals surface area contributed by atoms with Crippen molar-refractivity contribution >= 4 is 10.0 Å². The van der Waals surface area contributed by atoms with E-state index in [1.54, 1.807) is 29.7 Å². The molecule has 0 N–H and O–H groups in total. The van der Waals surface area contributed by atoms with Crippen molar-refractivity contribution in [1.29, 1.82) is 0 Å². The van der Waals surface area contributed by atoms with Gasteiger partial charge in [-0.05, 0) is 43.9 Å². The van der Waals surface area contributed by atoms with E-state index >= 15 is 0 Å². The lowest BCUT2D eigenvalue weighted by Gasteiger charge is -2.32. The van der Waals surface area contributed by atoms with Crippen LogP contribution in [-0.4, -0.2) is 42.9 Å². The zero-order valence-corrected chi connectivity index (χ0v) is 17.0. The molecular weight excluding hydrogens is 362 g/mol. The van der Waals surface area contributed by atoms with Gasteiger partial charge in [-0.3, -0.25) is 0 Å². The number of aromatic nitrogens is 2. The number of rotatable bonds is 6. The Labute approximate surface area is 161 Å². The lowest BCUT2D eigenvalue weighted by Crippen LogP contribution is -2.39. The van der Waals surface area contributed by atoms with Crippen LogP contribution in [0.5, 0.6) is 0 Å². The molecule has 0 amide bonds. The molecule has 1 aliphatic heterocycles. The molecule has 27 heavy (non-hydrogen) atoms. The highest BCUT2D eigenvalue weighted by atomic mass is 32.2. The molecule has 146 valence electrons. The van der Waals surface area contributed by atoms with Crippen LogP contribution in [0.15, 0.2) is 35.4 Å². The molecular formula is C20H27N3O3S. The molecule has 3 rings (SSSR count). The van der Waals surface area contributed by atoms with Gasteiger partial charge in [0.1, 0.15) is 5.82 Å². The van der Waals surface area contributed by atoms with E-state index < -0.39 is 10.0 Å². The van der Waals surface area contributed by atoms with E-state index in [0.717, 1.165) is 36.1 Å². The summed E-state index contributed by atoms with van der Waals surface area (Å²) in [5.41, 5.74) is 2.97. The van der Waals surface area contributed by atoms with Crippen molar-refractivity contribution in [3.05, 3.63) is 53.1 Å². The van der Waals surface area contributed by atoms with Gasteiger partial charge in [0, 0.05) is 37.9 Å². The fourth-order valence-corrected chi connectivity index (χ4v) is 5.09. The van der Waals surface area contributed by atoms with E-state index in [1.165, 1.54) is 0 Å². The van der Waals surface area contributed by atoms with Gasteiger partial charge in [0.25, 0.3) is 0 Å². The summed E-state index contributed by atoms with van der Waals surface area (Å²) in [5.74, 6) is 0.746. The summed E-state index contributed by atoms with van der Waals surface area (Å²) in [6.45, 7) is 5.31. The number of hydrogen-bond donors (Lipinski definition) is 0. The third-order valence-corrected chi connectivity index (χ3v) is 6.94. The number of benzene rings is 1. The molecule has 1 aliphatic rings. The van der Waals surface area contributed by atoms with Gasteiger partial charge in [-0.25, -0.2) is 18.4 Å². The fourth-order valence-electron chi connectivity index (χ4n) is 3.56. The van der Waals surface area contributed by atoms with Gasteiger partial charge in [0.2, 0.25) is 10.0 Å². The first kappa shape index (κ1) is 19.9. The maximum absolute atomic E-state index is 13.1. The summed E-state index contributed by atoms with van der Waals surface area (Å²) >= 11 is 0. The van der Waals surface area contributed by atoms with Gasteiger partial charge in [-0.1, -0.05) is 19.1 Å². The molecule has 0 aliphatic carbocycles. The van der Waals surface area contributed by atoms with Crippen LogP contribution < -0.4 is 0 Å².